The minimum Gasteiger partial charge on any atom is -0.375 e. The molecular weight excluding hydrogens is 307 g/mol. The predicted octanol–water partition coefficient (Wildman–Crippen LogP) is 3.77. The summed E-state index contributed by atoms with van der Waals surface area (Å²) in [5, 5.41) is 0. The summed E-state index contributed by atoms with van der Waals surface area (Å²) in [6.07, 6.45) is -0.760. The molecule has 0 saturated carbocycles. The van der Waals surface area contributed by atoms with Crippen molar-refractivity contribution >= 4 is 5.91 Å². The van der Waals surface area contributed by atoms with E-state index in [9.17, 15) is 18.0 Å². The van der Waals surface area contributed by atoms with E-state index in [1.165, 1.54) is 12.1 Å². The Balaban J connectivity index is 1.76. The van der Waals surface area contributed by atoms with Crippen molar-refractivity contribution in [3.63, 3.8) is 0 Å². The molecule has 0 aromatic heterocycles. The molecule has 2 fully saturated rings. The van der Waals surface area contributed by atoms with Crippen LogP contribution < -0.4 is 0 Å². The Hall–Kier alpha value is -1.56. The van der Waals surface area contributed by atoms with Gasteiger partial charge < -0.3 is 9.64 Å². The molecule has 2 aliphatic heterocycles. The van der Waals surface area contributed by atoms with E-state index in [2.05, 4.69) is 0 Å². The lowest BCUT2D eigenvalue weighted by atomic mass is 9.92. The molecule has 0 radical (unpaired) electrons. The molecule has 1 spiro atoms. The van der Waals surface area contributed by atoms with Gasteiger partial charge in [0.2, 0.25) is 5.91 Å². The van der Waals surface area contributed by atoms with Crippen molar-refractivity contribution in [3.05, 3.63) is 35.4 Å². The zero-order chi connectivity index (χ0) is 16.5. The number of ether oxygens (including phenoxy) is 1. The second kappa shape index (κ2) is 6.15. The quantitative estimate of drug-likeness (QED) is 0.827. The van der Waals surface area contributed by atoms with E-state index in [4.69, 9.17) is 4.74 Å². The number of rotatable bonds is 2. The Labute approximate surface area is 133 Å². The lowest BCUT2D eigenvalue weighted by molar-refractivity contribution is -0.139. The van der Waals surface area contributed by atoms with Crippen molar-refractivity contribution in [1.29, 1.82) is 0 Å². The van der Waals surface area contributed by atoms with Crippen LogP contribution in [0, 0.1) is 0 Å². The number of alkyl halides is 3. The number of carbonyl (C=O) groups excluding carboxylic acids is 1. The molecule has 1 atom stereocenters. The maximum atomic E-state index is 13.1. The molecule has 23 heavy (non-hydrogen) atoms. The van der Waals surface area contributed by atoms with Gasteiger partial charge >= 0.3 is 6.18 Å². The van der Waals surface area contributed by atoms with Gasteiger partial charge in [-0.3, -0.25) is 4.79 Å². The zero-order valence-electron chi connectivity index (χ0n) is 12.9. The second-order valence-corrected chi connectivity index (χ2v) is 6.36. The monoisotopic (exact) mass is 327 g/mol. The predicted molar refractivity (Wildman–Crippen MR) is 78.6 cm³/mol. The van der Waals surface area contributed by atoms with Crippen LogP contribution in [0.5, 0.6) is 0 Å². The van der Waals surface area contributed by atoms with Gasteiger partial charge in [0.25, 0.3) is 0 Å². The van der Waals surface area contributed by atoms with Gasteiger partial charge in [0.05, 0.1) is 11.2 Å². The first-order valence-electron chi connectivity index (χ1n) is 7.97. The molecule has 126 valence electrons. The molecule has 1 aromatic carbocycles. The van der Waals surface area contributed by atoms with E-state index < -0.39 is 11.7 Å². The summed E-state index contributed by atoms with van der Waals surface area (Å²) in [4.78, 5) is 13.9. The number of amides is 1. The number of benzene rings is 1. The third-order valence-corrected chi connectivity index (χ3v) is 4.85. The van der Waals surface area contributed by atoms with E-state index in [1.807, 2.05) is 0 Å². The molecule has 1 aromatic rings. The van der Waals surface area contributed by atoms with Crippen LogP contribution >= 0.6 is 0 Å². The van der Waals surface area contributed by atoms with E-state index in [0.29, 0.717) is 32.4 Å². The van der Waals surface area contributed by atoms with Crippen molar-refractivity contribution in [2.75, 3.05) is 13.2 Å². The van der Waals surface area contributed by atoms with Gasteiger partial charge in [-0.05, 0) is 37.3 Å². The Bertz CT molecular complexity index is 579. The van der Waals surface area contributed by atoms with Crippen molar-refractivity contribution in [2.45, 2.75) is 50.4 Å². The minimum absolute atomic E-state index is 0.00456. The van der Waals surface area contributed by atoms with Gasteiger partial charge in [0.15, 0.2) is 0 Å². The standard InChI is InChI=1S/C17H20F3NO2/c18-17(19,20)14-5-2-1-4-13(14)12-21-10-9-16(7-3-11-23-16)8-6-15(21)22/h1-2,4-5H,3,6-12H2/t16-/m0/s1. The molecule has 2 saturated heterocycles. The number of hydrogen-bond donors (Lipinski definition) is 0. The number of carbonyl (C=O) groups is 1. The number of nitrogens with zero attached hydrogens (tertiary/aromatic N) is 1. The van der Waals surface area contributed by atoms with Crippen LogP contribution in [0.15, 0.2) is 24.3 Å². The molecule has 3 nitrogen and oxygen atoms in total. The van der Waals surface area contributed by atoms with Crippen LogP contribution in [0.3, 0.4) is 0 Å². The van der Waals surface area contributed by atoms with Gasteiger partial charge in [-0.2, -0.15) is 13.2 Å². The van der Waals surface area contributed by atoms with E-state index >= 15 is 0 Å². The average Bonchev–Trinajstić information content (AvgIpc) is 2.91. The fourth-order valence-electron chi connectivity index (χ4n) is 3.54. The van der Waals surface area contributed by atoms with Crippen LogP contribution in [0.4, 0.5) is 13.2 Å². The fraction of sp³-hybridized carbons (Fsp3) is 0.588. The maximum Gasteiger partial charge on any atom is 0.416 e. The van der Waals surface area contributed by atoms with E-state index in [0.717, 1.165) is 18.9 Å². The van der Waals surface area contributed by atoms with Crippen LogP contribution in [0.1, 0.15) is 43.2 Å². The third kappa shape index (κ3) is 3.52. The van der Waals surface area contributed by atoms with Gasteiger partial charge in [-0.15, -0.1) is 0 Å². The van der Waals surface area contributed by atoms with E-state index in [-0.39, 0.29) is 23.6 Å². The third-order valence-electron chi connectivity index (χ3n) is 4.85. The Morgan fingerprint density at radius 3 is 2.65 bits per heavy atom. The van der Waals surface area contributed by atoms with Crippen LogP contribution in [0.25, 0.3) is 0 Å². The first-order valence-corrected chi connectivity index (χ1v) is 7.97. The molecule has 0 bridgehead atoms. The molecular formula is C17H20F3NO2. The molecule has 6 heteroatoms. The highest BCUT2D eigenvalue weighted by molar-refractivity contribution is 5.76. The molecule has 2 heterocycles. The smallest absolute Gasteiger partial charge is 0.375 e. The highest BCUT2D eigenvalue weighted by Crippen LogP contribution is 2.37. The Morgan fingerprint density at radius 1 is 1.17 bits per heavy atom. The normalized spacial score (nSPS) is 25.9. The van der Waals surface area contributed by atoms with Crippen LogP contribution in [0.2, 0.25) is 0 Å². The highest BCUT2D eigenvalue weighted by atomic mass is 19.4. The fourth-order valence-corrected chi connectivity index (χ4v) is 3.54. The summed E-state index contributed by atoms with van der Waals surface area (Å²) in [6, 6.07) is 5.47. The second-order valence-electron chi connectivity index (χ2n) is 6.36. The molecule has 3 rings (SSSR count). The summed E-state index contributed by atoms with van der Waals surface area (Å²) in [6.45, 7) is 1.17. The lowest BCUT2D eigenvalue weighted by Crippen LogP contribution is -2.32. The lowest BCUT2D eigenvalue weighted by Gasteiger charge is -2.27. The molecule has 0 aliphatic carbocycles. The summed E-state index contributed by atoms with van der Waals surface area (Å²) in [7, 11) is 0. The van der Waals surface area contributed by atoms with Crippen molar-refractivity contribution in [2.24, 2.45) is 0 Å². The Morgan fingerprint density at radius 2 is 1.96 bits per heavy atom. The molecule has 0 unspecified atom stereocenters. The summed E-state index contributed by atoms with van der Waals surface area (Å²) >= 11 is 0. The van der Waals surface area contributed by atoms with E-state index in [1.54, 1.807) is 11.0 Å². The first-order chi connectivity index (χ1) is 10.9. The number of halogens is 3. The summed E-state index contributed by atoms with van der Waals surface area (Å²) in [5.41, 5.74) is -0.756. The Kier molecular flexibility index (Phi) is 4.36. The summed E-state index contributed by atoms with van der Waals surface area (Å²) < 4.78 is 45.1. The van der Waals surface area contributed by atoms with Gasteiger partial charge in [-0.25, -0.2) is 0 Å². The van der Waals surface area contributed by atoms with Crippen molar-refractivity contribution in [3.8, 4) is 0 Å². The number of likely N-dealkylation sites (tertiary alicyclic amines) is 1. The molecule has 1 amide bonds. The largest absolute Gasteiger partial charge is 0.416 e. The number of hydrogen-bond acceptors (Lipinski definition) is 2. The first kappa shape index (κ1) is 16.3. The SMILES string of the molecule is O=C1CC[C@@]2(CCCO2)CCN1Cc1ccccc1C(F)(F)F. The van der Waals surface area contributed by atoms with Crippen molar-refractivity contribution < 1.29 is 22.7 Å². The molecule has 0 N–H and O–H groups in total. The highest BCUT2D eigenvalue weighted by Gasteiger charge is 2.39. The molecule has 2 aliphatic rings. The van der Waals surface area contributed by atoms with Gasteiger partial charge in [-0.1, -0.05) is 18.2 Å². The zero-order valence-corrected chi connectivity index (χ0v) is 12.9. The average molecular weight is 327 g/mol. The summed E-state index contributed by atoms with van der Waals surface area (Å²) in [5.74, 6) is -0.0886. The maximum absolute atomic E-state index is 13.1. The van der Waals surface area contributed by atoms with Crippen LogP contribution in [-0.2, 0) is 22.3 Å². The van der Waals surface area contributed by atoms with Gasteiger partial charge in [0, 0.05) is 26.1 Å². The van der Waals surface area contributed by atoms with Crippen LogP contribution in [-0.4, -0.2) is 29.6 Å². The topological polar surface area (TPSA) is 29.5 Å². The van der Waals surface area contributed by atoms with Crippen molar-refractivity contribution in [1.82, 2.24) is 4.90 Å². The minimum atomic E-state index is -4.40. The van der Waals surface area contributed by atoms with Gasteiger partial charge in [0.1, 0.15) is 0 Å².